The Labute approximate surface area is 219 Å². The predicted molar refractivity (Wildman–Crippen MR) is 147 cm³/mol. The Morgan fingerprint density at radius 1 is 0.757 bits per heavy atom. The monoisotopic (exact) mass is 508 g/mol. The van der Waals surface area contributed by atoms with E-state index in [1.54, 1.807) is 24.3 Å². The Morgan fingerprint density at radius 2 is 1.43 bits per heavy atom. The van der Waals surface area contributed by atoms with Crippen molar-refractivity contribution in [2.75, 3.05) is 17.4 Å². The van der Waals surface area contributed by atoms with Crippen LogP contribution in [-0.4, -0.2) is 18.6 Å². The van der Waals surface area contributed by atoms with E-state index in [2.05, 4.69) is 10.6 Å². The molecule has 0 aromatic heterocycles. The minimum absolute atomic E-state index is 0.154. The number of fused-ring (bicyclic) bond motifs is 1. The van der Waals surface area contributed by atoms with Crippen molar-refractivity contribution in [2.24, 2.45) is 0 Å². The van der Waals surface area contributed by atoms with Crippen molar-refractivity contribution in [1.82, 2.24) is 0 Å². The maximum absolute atomic E-state index is 13.4. The molecule has 0 spiro atoms. The average Bonchev–Trinajstić information content (AvgIpc) is 3.40. The highest BCUT2D eigenvalue weighted by Crippen LogP contribution is 2.38. The lowest BCUT2D eigenvalue weighted by molar-refractivity contribution is -0.116. The van der Waals surface area contributed by atoms with Gasteiger partial charge in [-0.3, -0.25) is 9.59 Å². The first-order valence-electron chi connectivity index (χ1n) is 11.7. The number of nitrogens with one attached hydrogen (secondary N) is 2. The van der Waals surface area contributed by atoms with Crippen molar-refractivity contribution in [3.05, 3.63) is 120 Å². The Balaban J connectivity index is 1.26. The standard InChI is InChI=1S/C30H24N2O4S/c33-28(18-11-21-7-3-1-4-8-21)31-23-12-15-25(16-13-23)37-29(22-9-5-2-6-10-22)30(34)32-24-14-17-26-27(19-24)36-20-35-26/h1-19,29H,20H2,(H,31,33)(H,32,34)/b18-11+. The predicted octanol–water partition coefficient (Wildman–Crippen LogP) is 6.54. The molecule has 7 heteroatoms. The fraction of sp³-hybridized carbons (Fsp3) is 0.0667. The summed E-state index contributed by atoms with van der Waals surface area (Å²) in [7, 11) is 0. The molecule has 0 saturated carbocycles. The van der Waals surface area contributed by atoms with E-state index < -0.39 is 5.25 Å². The number of amides is 2. The highest BCUT2D eigenvalue weighted by molar-refractivity contribution is 8.00. The molecule has 37 heavy (non-hydrogen) atoms. The molecule has 1 aliphatic heterocycles. The van der Waals surface area contributed by atoms with Crippen LogP contribution in [0.5, 0.6) is 11.5 Å². The molecule has 1 aliphatic rings. The van der Waals surface area contributed by atoms with Gasteiger partial charge in [-0.05, 0) is 53.6 Å². The van der Waals surface area contributed by atoms with Gasteiger partial charge < -0.3 is 20.1 Å². The van der Waals surface area contributed by atoms with Crippen molar-refractivity contribution in [3.63, 3.8) is 0 Å². The minimum Gasteiger partial charge on any atom is -0.454 e. The van der Waals surface area contributed by atoms with Gasteiger partial charge >= 0.3 is 0 Å². The van der Waals surface area contributed by atoms with Gasteiger partial charge in [0.1, 0.15) is 5.25 Å². The molecule has 0 saturated heterocycles. The zero-order valence-corrected chi connectivity index (χ0v) is 20.6. The Kier molecular flexibility index (Phi) is 7.52. The number of benzene rings is 4. The van der Waals surface area contributed by atoms with E-state index in [1.165, 1.54) is 17.8 Å². The summed E-state index contributed by atoms with van der Waals surface area (Å²) >= 11 is 1.44. The van der Waals surface area contributed by atoms with Gasteiger partial charge in [0.25, 0.3) is 0 Å². The third kappa shape index (κ3) is 6.39. The molecule has 2 N–H and O–H groups in total. The first kappa shape index (κ1) is 24.2. The first-order valence-corrected chi connectivity index (χ1v) is 12.6. The van der Waals surface area contributed by atoms with Gasteiger partial charge in [-0.25, -0.2) is 0 Å². The van der Waals surface area contributed by atoms with Gasteiger partial charge in [0, 0.05) is 28.4 Å². The Morgan fingerprint density at radius 3 is 2.19 bits per heavy atom. The van der Waals surface area contributed by atoms with Crippen LogP contribution in [0.15, 0.2) is 114 Å². The van der Waals surface area contributed by atoms with Crippen molar-refractivity contribution in [1.29, 1.82) is 0 Å². The number of ether oxygens (including phenoxy) is 2. The minimum atomic E-state index is -0.485. The van der Waals surface area contributed by atoms with E-state index in [9.17, 15) is 9.59 Å². The second-order valence-electron chi connectivity index (χ2n) is 8.22. The second kappa shape index (κ2) is 11.5. The van der Waals surface area contributed by atoms with Crippen LogP contribution >= 0.6 is 11.8 Å². The summed E-state index contributed by atoms with van der Waals surface area (Å²) in [5, 5.41) is 5.37. The van der Waals surface area contributed by atoms with Crippen LogP contribution in [0.3, 0.4) is 0 Å². The summed E-state index contributed by atoms with van der Waals surface area (Å²) in [5.41, 5.74) is 3.15. The molecule has 1 atom stereocenters. The van der Waals surface area contributed by atoms with Gasteiger partial charge in [0.2, 0.25) is 18.6 Å². The molecule has 2 amide bonds. The lowest BCUT2D eigenvalue weighted by Crippen LogP contribution is -2.19. The van der Waals surface area contributed by atoms with E-state index in [1.807, 2.05) is 84.9 Å². The number of carbonyl (C=O) groups excluding carboxylic acids is 2. The molecule has 0 aliphatic carbocycles. The third-order valence-corrected chi connectivity index (χ3v) is 6.85. The number of anilines is 2. The number of hydrogen-bond acceptors (Lipinski definition) is 5. The molecular formula is C30H24N2O4S. The number of hydrogen-bond donors (Lipinski definition) is 2. The largest absolute Gasteiger partial charge is 0.454 e. The van der Waals surface area contributed by atoms with Crippen LogP contribution in [0.25, 0.3) is 6.08 Å². The summed E-state index contributed by atoms with van der Waals surface area (Å²) in [4.78, 5) is 26.5. The number of thioether (sulfide) groups is 1. The molecule has 4 aromatic rings. The topological polar surface area (TPSA) is 76.7 Å². The second-order valence-corrected chi connectivity index (χ2v) is 9.40. The fourth-order valence-corrected chi connectivity index (χ4v) is 4.78. The zero-order valence-electron chi connectivity index (χ0n) is 19.8. The van der Waals surface area contributed by atoms with Crippen molar-refractivity contribution >= 4 is 41.0 Å². The highest BCUT2D eigenvalue weighted by atomic mass is 32.2. The number of rotatable bonds is 8. The van der Waals surface area contributed by atoms with Crippen LogP contribution in [0.2, 0.25) is 0 Å². The summed E-state index contributed by atoms with van der Waals surface area (Å²) in [6, 6.07) is 32.0. The van der Waals surface area contributed by atoms with Crippen LogP contribution in [0.1, 0.15) is 16.4 Å². The average molecular weight is 509 g/mol. The Hall–Kier alpha value is -4.49. The van der Waals surface area contributed by atoms with Crippen LogP contribution in [0.4, 0.5) is 11.4 Å². The lowest BCUT2D eigenvalue weighted by Gasteiger charge is -2.17. The quantitative estimate of drug-likeness (QED) is 0.209. The van der Waals surface area contributed by atoms with E-state index in [4.69, 9.17) is 9.47 Å². The van der Waals surface area contributed by atoms with E-state index >= 15 is 0 Å². The molecule has 4 aromatic carbocycles. The zero-order chi connectivity index (χ0) is 25.5. The SMILES string of the molecule is O=C(/C=C/c1ccccc1)Nc1ccc(SC(C(=O)Nc2ccc3c(c2)OCO3)c2ccccc2)cc1. The fourth-order valence-electron chi connectivity index (χ4n) is 3.76. The smallest absolute Gasteiger partial charge is 0.248 e. The normalized spacial score (nSPS) is 12.8. The summed E-state index contributed by atoms with van der Waals surface area (Å²) in [5.74, 6) is 0.903. The molecular weight excluding hydrogens is 484 g/mol. The molecule has 0 radical (unpaired) electrons. The van der Waals surface area contributed by atoms with E-state index in [0.29, 0.717) is 22.9 Å². The van der Waals surface area contributed by atoms with Gasteiger partial charge in [0.15, 0.2) is 11.5 Å². The molecule has 5 rings (SSSR count). The first-order chi connectivity index (χ1) is 18.1. The van der Waals surface area contributed by atoms with Crippen molar-refractivity contribution in [2.45, 2.75) is 10.1 Å². The maximum atomic E-state index is 13.4. The molecule has 1 heterocycles. The molecule has 6 nitrogen and oxygen atoms in total. The van der Waals surface area contributed by atoms with Crippen LogP contribution < -0.4 is 20.1 Å². The maximum Gasteiger partial charge on any atom is 0.248 e. The summed E-state index contributed by atoms with van der Waals surface area (Å²) in [6.07, 6.45) is 3.27. The molecule has 0 fully saturated rings. The van der Waals surface area contributed by atoms with Gasteiger partial charge in [-0.15, -0.1) is 11.8 Å². The highest BCUT2D eigenvalue weighted by Gasteiger charge is 2.23. The molecule has 0 bridgehead atoms. The van der Waals surface area contributed by atoms with Crippen LogP contribution in [-0.2, 0) is 9.59 Å². The number of carbonyl (C=O) groups is 2. The van der Waals surface area contributed by atoms with E-state index in [0.717, 1.165) is 16.0 Å². The summed E-state index contributed by atoms with van der Waals surface area (Å²) < 4.78 is 10.8. The van der Waals surface area contributed by atoms with E-state index in [-0.39, 0.29) is 18.6 Å². The van der Waals surface area contributed by atoms with Crippen molar-refractivity contribution in [3.8, 4) is 11.5 Å². The van der Waals surface area contributed by atoms with Gasteiger partial charge in [0.05, 0.1) is 0 Å². The lowest BCUT2D eigenvalue weighted by atomic mass is 10.1. The summed E-state index contributed by atoms with van der Waals surface area (Å²) in [6.45, 7) is 0.176. The molecule has 184 valence electrons. The van der Waals surface area contributed by atoms with Crippen LogP contribution in [0, 0.1) is 0 Å². The van der Waals surface area contributed by atoms with Crippen molar-refractivity contribution < 1.29 is 19.1 Å². The Bertz CT molecular complexity index is 1410. The molecule has 1 unspecified atom stereocenters. The van der Waals surface area contributed by atoms with Gasteiger partial charge in [-0.1, -0.05) is 60.7 Å². The van der Waals surface area contributed by atoms with Gasteiger partial charge in [-0.2, -0.15) is 0 Å². The third-order valence-electron chi connectivity index (χ3n) is 5.58.